The van der Waals surface area contributed by atoms with Gasteiger partial charge in [-0.15, -0.1) is 0 Å². The molecule has 0 aromatic heterocycles. The molecule has 0 aliphatic carbocycles. The Morgan fingerprint density at radius 3 is 2.40 bits per heavy atom. The van der Waals surface area contributed by atoms with Gasteiger partial charge in [-0.2, -0.15) is 0 Å². The van der Waals surface area contributed by atoms with Crippen molar-refractivity contribution >= 4 is 27.4 Å². The van der Waals surface area contributed by atoms with Crippen LogP contribution in [0.2, 0.25) is 0 Å². The molecule has 2 aromatic carbocycles. The number of anilines is 1. The number of hydrogen-bond acceptors (Lipinski definition) is 5. The Balaban J connectivity index is 2.11. The normalized spacial score (nSPS) is 12.3. The van der Waals surface area contributed by atoms with E-state index in [-0.39, 0.29) is 10.5 Å². The summed E-state index contributed by atoms with van der Waals surface area (Å²) in [6.07, 6.45) is -0.0758. The molecule has 0 aliphatic heterocycles. The van der Waals surface area contributed by atoms with Crippen molar-refractivity contribution in [2.45, 2.75) is 24.8 Å². The number of sulfone groups is 1. The minimum absolute atomic E-state index is 0.0970. The molecule has 0 spiro atoms. The van der Waals surface area contributed by atoms with Crippen LogP contribution in [-0.2, 0) is 19.4 Å². The maximum absolute atomic E-state index is 12.3. The van der Waals surface area contributed by atoms with E-state index in [1.807, 2.05) is 13.0 Å². The Morgan fingerprint density at radius 1 is 1.08 bits per heavy atom. The molecular formula is C18H19NO5S. The zero-order valence-corrected chi connectivity index (χ0v) is 15.0. The van der Waals surface area contributed by atoms with Gasteiger partial charge >= 0.3 is 5.97 Å². The molecule has 1 unspecified atom stereocenters. The van der Waals surface area contributed by atoms with E-state index in [9.17, 15) is 18.0 Å². The first-order valence-electron chi connectivity index (χ1n) is 7.56. The zero-order chi connectivity index (χ0) is 18.6. The van der Waals surface area contributed by atoms with Crippen molar-refractivity contribution in [1.82, 2.24) is 0 Å². The number of aryl methyl sites for hydroxylation is 1. The quantitative estimate of drug-likeness (QED) is 0.827. The number of carbonyl (C=O) groups is 2. The van der Waals surface area contributed by atoms with Gasteiger partial charge in [-0.3, -0.25) is 4.79 Å². The highest BCUT2D eigenvalue weighted by Crippen LogP contribution is 2.17. The summed E-state index contributed by atoms with van der Waals surface area (Å²) in [5.74, 6) is -1.37. The van der Waals surface area contributed by atoms with E-state index in [1.54, 1.807) is 18.2 Å². The lowest BCUT2D eigenvalue weighted by atomic mass is 10.2. The molecule has 7 heteroatoms. The molecule has 1 atom stereocenters. The molecule has 0 bridgehead atoms. The van der Waals surface area contributed by atoms with Crippen molar-refractivity contribution in [2.24, 2.45) is 0 Å². The lowest BCUT2D eigenvalue weighted by Gasteiger charge is -2.15. The summed E-state index contributed by atoms with van der Waals surface area (Å²) in [4.78, 5) is 24.3. The predicted octanol–water partition coefficient (Wildman–Crippen LogP) is 2.58. The number of benzene rings is 2. The molecular weight excluding hydrogens is 342 g/mol. The molecule has 0 radical (unpaired) electrons. The SMILES string of the molecule is Cc1cccc(NC(=O)C(C)OC(=O)c2ccccc2S(C)(=O)=O)c1. The van der Waals surface area contributed by atoms with Crippen LogP contribution in [0.5, 0.6) is 0 Å². The second-order valence-electron chi connectivity index (χ2n) is 5.67. The summed E-state index contributed by atoms with van der Waals surface area (Å²) in [6.45, 7) is 3.31. The fourth-order valence-electron chi connectivity index (χ4n) is 2.20. The third-order valence-electron chi connectivity index (χ3n) is 3.45. The largest absolute Gasteiger partial charge is 0.449 e. The van der Waals surface area contributed by atoms with Crippen molar-refractivity contribution < 1.29 is 22.7 Å². The third-order valence-corrected chi connectivity index (χ3v) is 4.60. The van der Waals surface area contributed by atoms with Gasteiger partial charge in [-0.05, 0) is 43.7 Å². The van der Waals surface area contributed by atoms with Gasteiger partial charge in [0.2, 0.25) is 0 Å². The number of hydrogen-bond donors (Lipinski definition) is 1. The fourth-order valence-corrected chi connectivity index (χ4v) is 3.08. The lowest BCUT2D eigenvalue weighted by molar-refractivity contribution is -0.123. The van der Waals surface area contributed by atoms with Crippen molar-refractivity contribution in [2.75, 3.05) is 11.6 Å². The first kappa shape index (κ1) is 18.7. The lowest BCUT2D eigenvalue weighted by Crippen LogP contribution is -2.30. The molecule has 1 amide bonds. The van der Waals surface area contributed by atoms with Gasteiger partial charge in [0.05, 0.1) is 10.5 Å². The first-order valence-corrected chi connectivity index (χ1v) is 9.45. The summed E-state index contributed by atoms with van der Waals surface area (Å²) in [7, 11) is -3.59. The monoisotopic (exact) mass is 361 g/mol. The van der Waals surface area contributed by atoms with E-state index >= 15 is 0 Å². The Hall–Kier alpha value is -2.67. The number of esters is 1. The van der Waals surface area contributed by atoms with Crippen LogP contribution in [0.3, 0.4) is 0 Å². The van der Waals surface area contributed by atoms with Crippen LogP contribution >= 0.6 is 0 Å². The predicted molar refractivity (Wildman–Crippen MR) is 94.2 cm³/mol. The summed E-state index contributed by atoms with van der Waals surface area (Å²) < 4.78 is 28.6. The Morgan fingerprint density at radius 2 is 1.76 bits per heavy atom. The van der Waals surface area contributed by atoms with Gasteiger partial charge in [0, 0.05) is 11.9 Å². The topological polar surface area (TPSA) is 89.5 Å². The molecule has 0 saturated carbocycles. The van der Waals surface area contributed by atoms with Gasteiger partial charge in [0.15, 0.2) is 15.9 Å². The minimum Gasteiger partial charge on any atom is -0.449 e. The summed E-state index contributed by atoms with van der Waals surface area (Å²) >= 11 is 0. The molecule has 0 saturated heterocycles. The number of amides is 1. The van der Waals surface area contributed by atoms with Crippen LogP contribution in [0.4, 0.5) is 5.69 Å². The van der Waals surface area contributed by atoms with Crippen molar-refractivity contribution in [3.05, 3.63) is 59.7 Å². The number of rotatable bonds is 5. The van der Waals surface area contributed by atoms with Crippen molar-refractivity contribution in [3.63, 3.8) is 0 Å². The molecule has 1 N–H and O–H groups in total. The molecule has 6 nitrogen and oxygen atoms in total. The van der Waals surface area contributed by atoms with Crippen LogP contribution in [0.1, 0.15) is 22.8 Å². The van der Waals surface area contributed by atoms with E-state index in [0.717, 1.165) is 11.8 Å². The standard InChI is InChI=1S/C18H19NO5S/c1-12-7-6-8-14(11-12)19-17(20)13(2)24-18(21)15-9-4-5-10-16(15)25(3,22)23/h4-11,13H,1-3H3,(H,19,20). The smallest absolute Gasteiger partial charge is 0.340 e. The fraction of sp³-hybridized carbons (Fsp3) is 0.222. The Kier molecular flexibility index (Phi) is 5.58. The van der Waals surface area contributed by atoms with E-state index in [1.165, 1.54) is 31.2 Å². The van der Waals surface area contributed by atoms with Crippen LogP contribution in [0, 0.1) is 6.92 Å². The van der Waals surface area contributed by atoms with Crippen molar-refractivity contribution in [1.29, 1.82) is 0 Å². The van der Waals surface area contributed by atoms with E-state index in [4.69, 9.17) is 4.74 Å². The molecule has 132 valence electrons. The molecule has 2 aromatic rings. The molecule has 0 fully saturated rings. The molecule has 0 aliphatic rings. The molecule has 25 heavy (non-hydrogen) atoms. The maximum Gasteiger partial charge on any atom is 0.340 e. The molecule has 2 rings (SSSR count). The average Bonchev–Trinajstić information content (AvgIpc) is 2.54. The highest BCUT2D eigenvalue weighted by atomic mass is 32.2. The minimum atomic E-state index is -3.59. The number of ether oxygens (including phenoxy) is 1. The highest BCUT2D eigenvalue weighted by Gasteiger charge is 2.23. The van der Waals surface area contributed by atoms with Gasteiger partial charge in [0.25, 0.3) is 5.91 Å². The maximum atomic E-state index is 12.3. The zero-order valence-electron chi connectivity index (χ0n) is 14.1. The van der Waals surface area contributed by atoms with Crippen LogP contribution in [0.25, 0.3) is 0 Å². The highest BCUT2D eigenvalue weighted by molar-refractivity contribution is 7.90. The third kappa shape index (κ3) is 4.90. The Bertz CT molecular complexity index is 905. The number of nitrogens with one attached hydrogen (secondary N) is 1. The summed E-state index contributed by atoms with van der Waals surface area (Å²) in [6, 6.07) is 12.9. The van der Waals surface area contributed by atoms with Gasteiger partial charge in [-0.1, -0.05) is 24.3 Å². The van der Waals surface area contributed by atoms with Gasteiger partial charge < -0.3 is 10.1 Å². The van der Waals surface area contributed by atoms with Gasteiger partial charge in [-0.25, -0.2) is 13.2 Å². The van der Waals surface area contributed by atoms with Crippen LogP contribution in [-0.4, -0.2) is 32.7 Å². The second-order valence-corrected chi connectivity index (χ2v) is 7.66. The van der Waals surface area contributed by atoms with E-state index < -0.39 is 27.8 Å². The summed E-state index contributed by atoms with van der Waals surface area (Å²) in [5, 5.41) is 2.65. The second kappa shape index (κ2) is 7.48. The molecule has 0 heterocycles. The van der Waals surface area contributed by atoms with E-state index in [0.29, 0.717) is 5.69 Å². The van der Waals surface area contributed by atoms with Crippen LogP contribution < -0.4 is 5.32 Å². The average molecular weight is 361 g/mol. The summed E-state index contributed by atoms with van der Waals surface area (Å²) in [5.41, 5.74) is 1.47. The first-order chi connectivity index (χ1) is 11.7. The van der Waals surface area contributed by atoms with Crippen LogP contribution in [0.15, 0.2) is 53.4 Å². The van der Waals surface area contributed by atoms with Crippen molar-refractivity contribution in [3.8, 4) is 0 Å². The number of carbonyl (C=O) groups excluding carboxylic acids is 2. The van der Waals surface area contributed by atoms with Gasteiger partial charge in [0.1, 0.15) is 0 Å². The van der Waals surface area contributed by atoms with E-state index in [2.05, 4.69) is 5.32 Å². The Labute approximate surface area is 146 Å².